The maximum atomic E-state index is 12.2. The van der Waals surface area contributed by atoms with Crippen LogP contribution in [0.25, 0.3) is 0 Å². The van der Waals surface area contributed by atoms with E-state index in [2.05, 4.69) is 18.6 Å². The smallest absolute Gasteiger partial charge is 0.208 e. The normalized spacial score (nSPS) is 22.1. The molecule has 1 aliphatic rings. The van der Waals surface area contributed by atoms with Gasteiger partial charge in [0.25, 0.3) is 0 Å². The molecule has 0 aromatic heterocycles. The van der Waals surface area contributed by atoms with Gasteiger partial charge in [0.05, 0.1) is 16.5 Å². The largest absolute Gasteiger partial charge is 0.240 e. The molecule has 1 N–H and O–H groups in total. The van der Waals surface area contributed by atoms with E-state index in [1.54, 1.807) is 12.1 Å². The molecule has 0 bridgehead atoms. The SMILES string of the molecule is CC1(C)CCC(NS(=O)(=O)c2cccc(C#N)c2)C1. The quantitative estimate of drug-likeness (QED) is 0.923. The summed E-state index contributed by atoms with van der Waals surface area (Å²) in [4.78, 5) is 0.163. The van der Waals surface area contributed by atoms with Gasteiger partial charge in [0.15, 0.2) is 0 Å². The molecule has 1 fully saturated rings. The predicted molar refractivity (Wildman–Crippen MR) is 72.9 cm³/mol. The van der Waals surface area contributed by atoms with E-state index in [1.807, 2.05) is 6.07 Å². The van der Waals surface area contributed by atoms with E-state index in [4.69, 9.17) is 5.26 Å². The van der Waals surface area contributed by atoms with Gasteiger partial charge in [0, 0.05) is 6.04 Å². The van der Waals surface area contributed by atoms with E-state index in [1.165, 1.54) is 12.1 Å². The highest BCUT2D eigenvalue weighted by Gasteiger charge is 2.33. The number of nitrogens with zero attached hydrogens (tertiary/aromatic N) is 1. The Bertz CT molecular complexity index is 615. The van der Waals surface area contributed by atoms with Crippen LogP contribution in [0.2, 0.25) is 0 Å². The van der Waals surface area contributed by atoms with Crippen molar-refractivity contribution in [2.75, 3.05) is 0 Å². The first kappa shape index (κ1) is 14.0. The lowest BCUT2D eigenvalue weighted by molar-refractivity contribution is 0.372. The molecule has 1 saturated carbocycles. The topological polar surface area (TPSA) is 70.0 Å². The van der Waals surface area contributed by atoms with Gasteiger partial charge in [-0.3, -0.25) is 0 Å². The summed E-state index contributed by atoms with van der Waals surface area (Å²) in [7, 11) is -3.53. The summed E-state index contributed by atoms with van der Waals surface area (Å²) in [6.07, 6.45) is 2.74. The monoisotopic (exact) mass is 278 g/mol. The molecule has 1 aromatic rings. The molecule has 0 aliphatic heterocycles. The van der Waals surface area contributed by atoms with E-state index >= 15 is 0 Å². The lowest BCUT2D eigenvalue weighted by atomic mass is 9.92. The molecule has 0 amide bonds. The fraction of sp³-hybridized carbons (Fsp3) is 0.500. The Morgan fingerprint density at radius 2 is 2.16 bits per heavy atom. The van der Waals surface area contributed by atoms with E-state index in [9.17, 15) is 8.42 Å². The molecule has 0 heterocycles. The van der Waals surface area contributed by atoms with Gasteiger partial charge in [-0.05, 0) is 42.9 Å². The van der Waals surface area contributed by atoms with Crippen LogP contribution in [0.4, 0.5) is 0 Å². The summed E-state index contributed by atoms with van der Waals surface area (Å²) < 4.78 is 27.2. The minimum atomic E-state index is -3.53. The van der Waals surface area contributed by atoms with Crippen LogP contribution >= 0.6 is 0 Å². The molecule has 0 saturated heterocycles. The van der Waals surface area contributed by atoms with Crippen molar-refractivity contribution in [3.63, 3.8) is 0 Å². The zero-order valence-electron chi connectivity index (χ0n) is 11.2. The van der Waals surface area contributed by atoms with Crippen LogP contribution in [0.3, 0.4) is 0 Å². The van der Waals surface area contributed by atoms with Gasteiger partial charge in [0.2, 0.25) is 10.0 Å². The molecule has 5 heteroatoms. The highest BCUT2D eigenvalue weighted by atomic mass is 32.2. The van der Waals surface area contributed by atoms with Crippen LogP contribution in [0, 0.1) is 16.7 Å². The molecule has 4 nitrogen and oxygen atoms in total. The Morgan fingerprint density at radius 1 is 1.42 bits per heavy atom. The summed E-state index contributed by atoms with van der Waals surface area (Å²) in [5.74, 6) is 0. The molecule has 0 spiro atoms. The summed E-state index contributed by atoms with van der Waals surface area (Å²) >= 11 is 0. The molecule has 1 aromatic carbocycles. The molecular weight excluding hydrogens is 260 g/mol. The van der Waals surface area contributed by atoms with Gasteiger partial charge in [-0.25, -0.2) is 13.1 Å². The highest BCUT2D eigenvalue weighted by molar-refractivity contribution is 7.89. The van der Waals surface area contributed by atoms with E-state index in [0.29, 0.717) is 5.56 Å². The zero-order valence-corrected chi connectivity index (χ0v) is 12.0. The minimum absolute atomic E-state index is 0.00857. The van der Waals surface area contributed by atoms with Crippen LogP contribution in [0.5, 0.6) is 0 Å². The fourth-order valence-corrected chi connectivity index (χ4v) is 3.87. The average molecular weight is 278 g/mol. The molecule has 1 aliphatic carbocycles. The number of rotatable bonds is 3. The van der Waals surface area contributed by atoms with Crippen molar-refractivity contribution in [3.05, 3.63) is 29.8 Å². The standard InChI is InChI=1S/C14H18N2O2S/c1-14(2)7-6-12(9-14)16-19(17,18)13-5-3-4-11(8-13)10-15/h3-5,8,12,16H,6-7,9H2,1-2H3. The number of sulfonamides is 1. The summed E-state index contributed by atoms with van der Waals surface area (Å²) in [5, 5.41) is 8.82. The zero-order chi connectivity index (χ0) is 14.1. The summed E-state index contributed by atoms with van der Waals surface area (Å²) in [6.45, 7) is 4.30. The third-order valence-electron chi connectivity index (χ3n) is 3.56. The van der Waals surface area contributed by atoms with Crippen LogP contribution < -0.4 is 4.72 Å². The van der Waals surface area contributed by atoms with Crippen molar-refractivity contribution in [1.82, 2.24) is 4.72 Å². The Morgan fingerprint density at radius 3 is 2.74 bits per heavy atom. The predicted octanol–water partition coefficient (Wildman–Crippen LogP) is 2.42. The van der Waals surface area contributed by atoms with E-state index in [-0.39, 0.29) is 16.4 Å². The molecular formula is C14H18N2O2S. The molecule has 1 atom stereocenters. The van der Waals surface area contributed by atoms with Crippen molar-refractivity contribution in [2.45, 2.75) is 44.0 Å². The minimum Gasteiger partial charge on any atom is -0.208 e. The van der Waals surface area contributed by atoms with Crippen molar-refractivity contribution < 1.29 is 8.42 Å². The third-order valence-corrected chi connectivity index (χ3v) is 5.08. The van der Waals surface area contributed by atoms with Gasteiger partial charge in [-0.15, -0.1) is 0 Å². The Balaban J connectivity index is 2.17. The lowest BCUT2D eigenvalue weighted by Gasteiger charge is -2.18. The summed E-state index contributed by atoms with van der Waals surface area (Å²) in [5.41, 5.74) is 0.552. The molecule has 0 radical (unpaired) electrons. The maximum Gasteiger partial charge on any atom is 0.240 e. The number of hydrogen-bond acceptors (Lipinski definition) is 3. The number of hydrogen-bond donors (Lipinski definition) is 1. The van der Waals surface area contributed by atoms with Gasteiger partial charge in [-0.1, -0.05) is 19.9 Å². The average Bonchev–Trinajstić information content (AvgIpc) is 2.68. The maximum absolute atomic E-state index is 12.2. The van der Waals surface area contributed by atoms with Crippen molar-refractivity contribution in [2.24, 2.45) is 5.41 Å². The van der Waals surface area contributed by atoms with Crippen molar-refractivity contribution in [3.8, 4) is 6.07 Å². The first-order chi connectivity index (χ1) is 8.82. The Hall–Kier alpha value is -1.38. The molecule has 19 heavy (non-hydrogen) atoms. The first-order valence-corrected chi connectivity index (χ1v) is 7.83. The van der Waals surface area contributed by atoms with Crippen LogP contribution in [-0.4, -0.2) is 14.5 Å². The second-order valence-corrected chi connectivity index (χ2v) is 7.58. The number of nitriles is 1. The van der Waals surface area contributed by atoms with Crippen molar-refractivity contribution in [1.29, 1.82) is 5.26 Å². The third kappa shape index (κ3) is 3.34. The highest BCUT2D eigenvalue weighted by Crippen LogP contribution is 2.37. The van der Waals surface area contributed by atoms with Crippen molar-refractivity contribution >= 4 is 10.0 Å². The van der Waals surface area contributed by atoms with Crippen LogP contribution in [-0.2, 0) is 10.0 Å². The Labute approximate surface area is 114 Å². The summed E-state index contributed by atoms with van der Waals surface area (Å²) in [6, 6.07) is 8.05. The number of benzene rings is 1. The first-order valence-electron chi connectivity index (χ1n) is 6.35. The number of nitrogens with one attached hydrogen (secondary N) is 1. The van der Waals surface area contributed by atoms with Gasteiger partial charge in [-0.2, -0.15) is 5.26 Å². The molecule has 1 unspecified atom stereocenters. The second kappa shape index (κ2) is 4.95. The van der Waals surface area contributed by atoms with E-state index < -0.39 is 10.0 Å². The molecule has 2 rings (SSSR count). The molecule has 102 valence electrons. The van der Waals surface area contributed by atoms with Crippen LogP contribution in [0.1, 0.15) is 38.7 Å². The van der Waals surface area contributed by atoms with Gasteiger partial charge < -0.3 is 0 Å². The van der Waals surface area contributed by atoms with Gasteiger partial charge in [0.1, 0.15) is 0 Å². The fourth-order valence-electron chi connectivity index (χ4n) is 2.56. The Kier molecular flexibility index (Phi) is 3.66. The van der Waals surface area contributed by atoms with Gasteiger partial charge >= 0.3 is 0 Å². The van der Waals surface area contributed by atoms with Crippen LogP contribution in [0.15, 0.2) is 29.2 Å². The van der Waals surface area contributed by atoms with E-state index in [0.717, 1.165) is 19.3 Å². The second-order valence-electron chi connectivity index (χ2n) is 5.86. The lowest BCUT2D eigenvalue weighted by Crippen LogP contribution is -2.33.